The number of aromatic carboxylic acids is 1. The Morgan fingerprint density at radius 2 is 1.71 bits per heavy atom. The van der Waals surface area contributed by atoms with Crippen LogP contribution in [0.2, 0.25) is 0 Å². The number of rotatable bonds is 7. The van der Waals surface area contributed by atoms with Gasteiger partial charge in [-0.25, -0.2) is 4.79 Å². The van der Waals surface area contributed by atoms with Crippen LogP contribution in [-0.4, -0.2) is 56.1 Å². The molecule has 0 radical (unpaired) electrons. The van der Waals surface area contributed by atoms with Crippen molar-refractivity contribution in [2.24, 2.45) is 0 Å². The number of nitrogens with zero attached hydrogens (tertiary/aromatic N) is 2. The fourth-order valence-electron chi connectivity index (χ4n) is 5.75. The molecule has 0 bridgehead atoms. The molecule has 2 fully saturated rings. The van der Waals surface area contributed by atoms with E-state index < -0.39 is 5.97 Å². The number of anilines is 3. The number of carboxylic acids is 1. The van der Waals surface area contributed by atoms with Crippen LogP contribution in [0.1, 0.15) is 59.7 Å². The predicted molar refractivity (Wildman–Crippen MR) is 139 cm³/mol. The molecular weight excluding hydrogens is 442 g/mol. The summed E-state index contributed by atoms with van der Waals surface area (Å²) < 4.78 is 11.1. The van der Waals surface area contributed by atoms with E-state index in [2.05, 4.69) is 46.3 Å². The van der Waals surface area contributed by atoms with E-state index in [0.717, 1.165) is 94.4 Å². The zero-order valence-electron chi connectivity index (χ0n) is 20.9. The van der Waals surface area contributed by atoms with E-state index in [1.165, 1.54) is 11.1 Å². The first-order valence-electron chi connectivity index (χ1n) is 13.0. The minimum atomic E-state index is -0.867. The monoisotopic (exact) mass is 479 g/mol. The Morgan fingerprint density at radius 1 is 1.03 bits per heavy atom. The van der Waals surface area contributed by atoms with Crippen LogP contribution in [0.5, 0.6) is 0 Å². The highest BCUT2D eigenvalue weighted by atomic mass is 16.5. The van der Waals surface area contributed by atoms with Crippen molar-refractivity contribution in [3.05, 3.63) is 52.6 Å². The maximum atomic E-state index is 12.2. The standard InChI is InChI=1S/C28H37N3O4/c1-3-31(24-8-12-35-13-9-24)27-16-25(15-26(19(27)2)28(32)33)30-17-20-4-5-23(14-21(20)18-30)29-22-6-10-34-11-7-22/h4-5,14-16,22,24,29H,3,6-13,17-18H2,1-2H3,(H,32,33). The summed E-state index contributed by atoms with van der Waals surface area (Å²) in [5.74, 6) is -0.867. The number of nitrogens with one attached hydrogen (secondary N) is 1. The van der Waals surface area contributed by atoms with Crippen LogP contribution in [0.4, 0.5) is 17.1 Å². The van der Waals surface area contributed by atoms with Gasteiger partial charge in [-0.3, -0.25) is 0 Å². The van der Waals surface area contributed by atoms with Gasteiger partial charge in [-0.2, -0.15) is 0 Å². The lowest BCUT2D eigenvalue weighted by Crippen LogP contribution is -2.40. The molecule has 188 valence electrons. The first kappa shape index (κ1) is 23.9. The normalized spacial score (nSPS) is 19.0. The molecule has 2 aromatic rings. The third-order valence-electron chi connectivity index (χ3n) is 7.76. The van der Waals surface area contributed by atoms with E-state index in [1.807, 2.05) is 13.0 Å². The average molecular weight is 480 g/mol. The van der Waals surface area contributed by atoms with Gasteiger partial charge in [0.05, 0.1) is 5.56 Å². The molecule has 3 aliphatic rings. The molecule has 35 heavy (non-hydrogen) atoms. The molecule has 0 saturated carbocycles. The molecule has 0 aliphatic carbocycles. The molecule has 3 heterocycles. The van der Waals surface area contributed by atoms with E-state index in [-0.39, 0.29) is 0 Å². The van der Waals surface area contributed by atoms with Crippen molar-refractivity contribution in [2.75, 3.05) is 48.1 Å². The molecule has 3 aliphatic heterocycles. The maximum absolute atomic E-state index is 12.2. The van der Waals surface area contributed by atoms with E-state index in [1.54, 1.807) is 0 Å². The third kappa shape index (κ3) is 5.11. The zero-order valence-corrected chi connectivity index (χ0v) is 20.9. The van der Waals surface area contributed by atoms with Crippen molar-refractivity contribution in [3.63, 3.8) is 0 Å². The summed E-state index contributed by atoms with van der Waals surface area (Å²) in [6, 6.07) is 11.5. The molecular formula is C28H37N3O4. The maximum Gasteiger partial charge on any atom is 0.336 e. The van der Waals surface area contributed by atoms with Crippen molar-refractivity contribution in [1.29, 1.82) is 0 Å². The largest absolute Gasteiger partial charge is 0.478 e. The average Bonchev–Trinajstić information content (AvgIpc) is 3.30. The zero-order chi connectivity index (χ0) is 24.4. The van der Waals surface area contributed by atoms with Crippen LogP contribution in [-0.2, 0) is 22.6 Å². The van der Waals surface area contributed by atoms with Crippen molar-refractivity contribution in [1.82, 2.24) is 0 Å². The minimum Gasteiger partial charge on any atom is -0.478 e. The van der Waals surface area contributed by atoms with Gasteiger partial charge in [0, 0.05) is 75.2 Å². The van der Waals surface area contributed by atoms with Gasteiger partial charge in [0.2, 0.25) is 0 Å². The molecule has 0 atom stereocenters. The van der Waals surface area contributed by atoms with Gasteiger partial charge in [-0.05, 0) is 80.5 Å². The first-order chi connectivity index (χ1) is 17.0. The molecule has 2 saturated heterocycles. The fourth-order valence-corrected chi connectivity index (χ4v) is 5.75. The molecule has 2 N–H and O–H groups in total. The Bertz CT molecular complexity index is 1060. The van der Waals surface area contributed by atoms with Crippen molar-refractivity contribution >= 4 is 23.0 Å². The van der Waals surface area contributed by atoms with Gasteiger partial charge in [0.25, 0.3) is 0 Å². The molecule has 0 spiro atoms. The molecule has 7 heteroatoms. The Labute approximate surface area is 208 Å². The third-order valence-corrected chi connectivity index (χ3v) is 7.76. The van der Waals surface area contributed by atoms with E-state index in [4.69, 9.17) is 9.47 Å². The molecule has 0 unspecified atom stereocenters. The topological polar surface area (TPSA) is 74.3 Å². The summed E-state index contributed by atoms with van der Waals surface area (Å²) in [4.78, 5) is 16.9. The van der Waals surface area contributed by atoms with Crippen LogP contribution < -0.4 is 15.1 Å². The first-order valence-corrected chi connectivity index (χ1v) is 13.0. The Balaban J connectivity index is 1.40. The molecule has 7 nitrogen and oxygen atoms in total. The summed E-state index contributed by atoms with van der Waals surface area (Å²) >= 11 is 0. The van der Waals surface area contributed by atoms with E-state index in [9.17, 15) is 9.90 Å². The number of fused-ring (bicyclic) bond motifs is 1. The molecule has 5 rings (SSSR count). The van der Waals surface area contributed by atoms with Crippen molar-refractivity contribution in [2.45, 2.75) is 64.7 Å². The lowest BCUT2D eigenvalue weighted by Gasteiger charge is -2.37. The number of carbonyl (C=O) groups is 1. The smallest absolute Gasteiger partial charge is 0.336 e. The van der Waals surface area contributed by atoms with Crippen molar-refractivity contribution in [3.8, 4) is 0 Å². The summed E-state index contributed by atoms with van der Waals surface area (Å²) in [5.41, 5.74) is 7.01. The SMILES string of the molecule is CCN(c1cc(N2Cc3ccc(NC4CCOCC4)cc3C2)cc(C(=O)O)c1C)C1CCOCC1. The highest BCUT2D eigenvalue weighted by molar-refractivity contribution is 5.93. The van der Waals surface area contributed by atoms with E-state index >= 15 is 0 Å². The van der Waals surface area contributed by atoms with Crippen LogP contribution in [0.25, 0.3) is 0 Å². The molecule has 0 amide bonds. The highest BCUT2D eigenvalue weighted by Gasteiger charge is 2.27. The van der Waals surface area contributed by atoms with E-state index in [0.29, 0.717) is 17.6 Å². The van der Waals surface area contributed by atoms with Gasteiger partial charge >= 0.3 is 5.97 Å². The summed E-state index contributed by atoms with van der Waals surface area (Å²) in [6.45, 7) is 9.67. The van der Waals surface area contributed by atoms with Crippen LogP contribution in [0.15, 0.2) is 30.3 Å². The number of ether oxygens (including phenoxy) is 2. The Morgan fingerprint density at radius 3 is 2.40 bits per heavy atom. The minimum absolute atomic E-state index is 0.374. The number of carboxylic acid groups (broad SMARTS) is 1. The molecule has 0 aromatic heterocycles. The summed E-state index contributed by atoms with van der Waals surface area (Å²) in [7, 11) is 0. The highest BCUT2D eigenvalue weighted by Crippen LogP contribution is 2.37. The van der Waals surface area contributed by atoms with Gasteiger partial charge in [0.1, 0.15) is 0 Å². The van der Waals surface area contributed by atoms with Crippen LogP contribution in [0.3, 0.4) is 0 Å². The van der Waals surface area contributed by atoms with Crippen molar-refractivity contribution < 1.29 is 19.4 Å². The Hall–Kier alpha value is -2.77. The number of benzene rings is 2. The van der Waals surface area contributed by atoms with Gasteiger partial charge < -0.3 is 29.7 Å². The molecule has 2 aromatic carbocycles. The van der Waals surface area contributed by atoms with Crippen LogP contribution in [0, 0.1) is 6.92 Å². The second-order valence-corrected chi connectivity index (χ2v) is 9.94. The lowest BCUT2D eigenvalue weighted by molar-refractivity contribution is 0.0695. The summed E-state index contributed by atoms with van der Waals surface area (Å²) in [5, 5.41) is 13.7. The fraction of sp³-hybridized carbons (Fsp3) is 0.536. The van der Waals surface area contributed by atoms with Crippen LogP contribution >= 0.6 is 0 Å². The summed E-state index contributed by atoms with van der Waals surface area (Å²) in [6.07, 6.45) is 4.01. The Kier molecular flexibility index (Phi) is 7.16. The number of hydrogen-bond donors (Lipinski definition) is 2. The lowest BCUT2D eigenvalue weighted by atomic mass is 10.00. The second-order valence-electron chi connectivity index (χ2n) is 9.94. The number of hydrogen-bond acceptors (Lipinski definition) is 6. The predicted octanol–water partition coefficient (Wildman–Crippen LogP) is 4.81. The quantitative estimate of drug-likeness (QED) is 0.590. The van der Waals surface area contributed by atoms with Gasteiger partial charge in [0.15, 0.2) is 0 Å². The van der Waals surface area contributed by atoms with Gasteiger partial charge in [-0.1, -0.05) is 6.07 Å². The second kappa shape index (κ2) is 10.5. The van der Waals surface area contributed by atoms with Gasteiger partial charge in [-0.15, -0.1) is 0 Å².